The van der Waals surface area contributed by atoms with Crippen molar-refractivity contribution in [3.8, 4) is 0 Å². The number of rotatable bonds is 17. The third-order valence-corrected chi connectivity index (χ3v) is 4.84. The van der Waals surface area contributed by atoms with E-state index in [1.165, 1.54) is 70.6 Å². The molecule has 1 aromatic heterocycles. The number of aryl methyl sites for hydroxylation is 1. The smallest absolute Gasteiger partial charge is 0.308 e. The quantitative estimate of drug-likeness (QED) is 0.171. The van der Waals surface area contributed by atoms with Crippen molar-refractivity contribution in [2.45, 2.75) is 104 Å². The van der Waals surface area contributed by atoms with Crippen molar-refractivity contribution < 1.29 is 26.5 Å². The molecule has 0 aliphatic heterocycles. The third-order valence-electron chi connectivity index (χ3n) is 4.84. The lowest BCUT2D eigenvalue weighted by atomic mass is 10.1. The van der Waals surface area contributed by atoms with Gasteiger partial charge in [-0.05, 0) is 32.1 Å². The minimum absolute atomic E-state index is 0. The summed E-state index contributed by atoms with van der Waals surface area (Å²) in [5, 5.41) is 0. The fourth-order valence-electron chi connectivity index (χ4n) is 3.14. The third kappa shape index (κ3) is 15.7. The van der Waals surface area contributed by atoms with Gasteiger partial charge in [-0.1, -0.05) is 70.4 Å². The first-order chi connectivity index (χ1) is 13.2. The van der Waals surface area contributed by atoms with E-state index in [1.807, 2.05) is 34.9 Å². The fraction of sp³-hybridized carbons (Fsp3) is 0.739. The summed E-state index contributed by atoms with van der Waals surface area (Å²) in [5.74, 6) is -0.0935. The summed E-state index contributed by atoms with van der Waals surface area (Å²) >= 11 is 0. The molecule has 0 saturated carbocycles. The van der Waals surface area contributed by atoms with E-state index in [0.717, 1.165) is 12.8 Å². The lowest BCUT2D eigenvalue weighted by Gasteiger charge is -2.02. The fourth-order valence-corrected chi connectivity index (χ4v) is 3.14. The minimum atomic E-state index is -0.0935. The van der Waals surface area contributed by atoms with E-state index >= 15 is 0 Å². The van der Waals surface area contributed by atoms with Gasteiger partial charge in [0.05, 0.1) is 7.05 Å². The summed E-state index contributed by atoms with van der Waals surface area (Å²) in [5.41, 5.74) is 0. The summed E-state index contributed by atoms with van der Waals surface area (Å²) in [6, 6.07) is 0. The zero-order valence-corrected chi connectivity index (χ0v) is 18.8. The molecular weight excluding hydrogens is 372 g/mol. The lowest BCUT2D eigenvalue weighted by molar-refractivity contribution is -0.671. The number of ether oxygens (including phenoxy) is 1. The van der Waals surface area contributed by atoms with Crippen molar-refractivity contribution in [3.63, 3.8) is 0 Å². The molecule has 0 radical (unpaired) electrons. The van der Waals surface area contributed by atoms with Crippen molar-refractivity contribution in [2.24, 2.45) is 7.05 Å². The van der Waals surface area contributed by atoms with E-state index in [9.17, 15) is 4.79 Å². The Balaban J connectivity index is 0.00000729. The summed E-state index contributed by atoms with van der Waals surface area (Å²) < 4.78 is 9.05. The number of hydrogen-bond acceptors (Lipinski definition) is 2. The molecular formula is C23H41ClN2O2. The molecule has 0 aliphatic rings. The van der Waals surface area contributed by atoms with Gasteiger partial charge in [-0.3, -0.25) is 4.79 Å². The molecule has 0 aliphatic carbocycles. The van der Waals surface area contributed by atoms with E-state index in [4.69, 9.17) is 4.74 Å². The van der Waals surface area contributed by atoms with Crippen molar-refractivity contribution in [2.75, 3.05) is 0 Å². The van der Waals surface area contributed by atoms with Crippen molar-refractivity contribution >= 4 is 5.97 Å². The second kappa shape index (κ2) is 19.0. The SMILES string of the molecule is CCCCCCCCC=CCCCCCCCC(=O)OCn1cc[n+](C)c1.[Cl-]. The summed E-state index contributed by atoms with van der Waals surface area (Å²) in [6.07, 6.45) is 27.5. The van der Waals surface area contributed by atoms with Gasteiger partial charge >= 0.3 is 5.97 Å². The Morgan fingerprint density at radius 2 is 1.50 bits per heavy atom. The monoisotopic (exact) mass is 412 g/mol. The molecule has 0 spiro atoms. The van der Waals surface area contributed by atoms with Crippen LogP contribution in [0.5, 0.6) is 0 Å². The number of aromatic nitrogens is 2. The van der Waals surface area contributed by atoms with Crippen molar-refractivity contribution in [1.82, 2.24) is 4.57 Å². The highest BCUT2D eigenvalue weighted by Gasteiger charge is 2.05. The molecule has 1 rings (SSSR count). The minimum Gasteiger partial charge on any atom is -1.00 e. The van der Waals surface area contributed by atoms with Gasteiger partial charge in [-0.2, -0.15) is 0 Å². The van der Waals surface area contributed by atoms with Crippen LogP contribution in [0.2, 0.25) is 0 Å². The molecule has 0 aromatic carbocycles. The number of halogens is 1. The molecule has 0 bridgehead atoms. The van der Waals surface area contributed by atoms with Gasteiger partial charge in [0.1, 0.15) is 12.4 Å². The topological polar surface area (TPSA) is 35.1 Å². The van der Waals surface area contributed by atoms with E-state index < -0.39 is 0 Å². The number of hydrogen-bond donors (Lipinski definition) is 0. The number of unbranched alkanes of at least 4 members (excludes halogenated alkanes) is 11. The number of allylic oxidation sites excluding steroid dienone is 2. The molecule has 162 valence electrons. The molecule has 0 N–H and O–H groups in total. The molecule has 0 amide bonds. The van der Waals surface area contributed by atoms with Crippen LogP contribution in [0, 0.1) is 0 Å². The highest BCUT2D eigenvalue weighted by atomic mass is 35.5. The predicted octanol–water partition coefficient (Wildman–Crippen LogP) is 2.85. The van der Waals surface area contributed by atoms with Gasteiger partial charge in [0.15, 0.2) is 0 Å². The lowest BCUT2D eigenvalue weighted by Crippen LogP contribution is -3.00. The molecule has 0 fully saturated rings. The number of esters is 1. The Kier molecular flexibility index (Phi) is 18.2. The predicted molar refractivity (Wildman–Crippen MR) is 111 cm³/mol. The zero-order valence-electron chi connectivity index (χ0n) is 18.1. The maximum atomic E-state index is 11.7. The van der Waals surface area contributed by atoms with Gasteiger partial charge in [-0.15, -0.1) is 0 Å². The van der Waals surface area contributed by atoms with Crippen LogP contribution < -0.4 is 17.0 Å². The standard InChI is InChI=1S/C23H41N2O2.ClH/c1-3-4-5-6-7-8-9-10-11-12-13-14-15-16-17-18-23(26)27-22-25-20-19-24(2)21-25;/h10-11,19-21H,3-9,12-18,22H2,1-2H3;1H/q+1;/p-1. The Hall–Kier alpha value is -1.29. The van der Waals surface area contributed by atoms with E-state index in [1.54, 1.807) is 0 Å². The molecule has 4 nitrogen and oxygen atoms in total. The van der Waals surface area contributed by atoms with Crippen LogP contribution >= 0.6 is 0 Å². The molecule has 0 atom stereocenters. The number of carbonyl (C=O) groups is 1. The average Bonchev–Trinajstić information content (AvgIpc) is 3.08. The van der Waals surface area contributed by atoms with E-state index in [0.29, 0.717) is 13.2 Å². The average molecular weight is 413 g/mol. The molecule has 5 heteroatoms. The van der Waals surface area contributed by atoms with Crippen LogP contribution in [0.3, 0.4) is 0 Å². The highest BCUT2D eigenvalue weighted by Crippen LogP contribution is 2.10. The Morgan fingerprint density at radius 3 is 2.07 bits per heavy atom. The summed E-state index contributed by atoms with van der Waals surface area (Å²) in [4.78, 5) is 11.7. The van der Waals surface area contributed by atoms with Crippen LogP contribution in [0.1, 0.15) is 96.8 Å². The van der Waals surface area contributed by atoms with Crippen LogP contribution in [-0.2, 0) is 23.3 Å². The highest BCUT2D eigenvalue weighted by molar-refractivity contribution is 5.69. The molecule has 1 heterocycles. The molecule has 28 heavy (non-hydrogen) atoms. The molecule has 1 aromatic rings. The first-order valence-electron chi connectivity index (χ1n) is 11.0. The Bertz CT molecular complexity index is 514. The van der Waals surface area contributed by atoms with Crippen molar-refractivity contribution in [3.05, 3.63) is 30.9 Å². The van der Waals surface area contributed by atoms with Crippen LogP contribution in [0.25, 0.3) is 0 Å². The number of carbonyl (C=O) groups excluding carboxylic acids is 1. The number of nitrogens with zero attached hydrogens (tertiary/aromatic N) is 2. The van der Waals surface area contributed by atoms with Gasteiger partial charge < -0.3 is 17.1 Å². The second-order valence-electron chi connectivity index (χ2n) is 7.57. The van der Waals surface area contributed by atoms with Gasteiger partial charge in [0.25, 0.3) is 0 Å². The first kappa shape index (κ1) is 26.7. The Morgan fingerprint density at radius 1 is 0.929 bits per heavy atom. The summed E-state index contributed by atoms with van der Waals surface area (Å²) in [7, 11) is 1.95. The van der Waals surface area contributed by atoms with E-state index in [-0.39, 0.29) is 18.4 Å². The first-order valence-corrected chi connectivity index (χ1v) is 11.0. The second-order valence-corrected chi connectivity index (χ2v) is 7.57. The van der Waals surface area contributed by atoms with Crippen LogP contribution in [-0.4, -0.2) is 10.5 Å². The van der Waals surface area contributed by atoms with Gasteiger partial charge in [0.2, 0.25) is 13.1 Å². The van der Waals surface area contributed by atoms with Crippen LogP contribution in [0.15, 0.2) is 30.9 Å². The Labute approximate surface area is 178 Å². The maximum absolute atomic E-state index is 11.7. The van der Waals surface area contributed by atoms with Gasteiger partial charge in [-0.25, -0.2) is 9.13 Å². The zero-order chi connectivity index (χ0) is 19.6. The normalized spacial score (nSPS) is 10.9. The number of imidazole rings is 1. The molecule has 0 saturated heterocycles. The largest absolute Gasteiger partial charge is 1.00 e. The van der Waals surface area contributed by atoms with Gasteiger partial charge in [0, 0.05) is 6.42 Å². The van der Waals surface area contributed by atoms with Crippen molar-refractivity contribution in [1.29, 1.82) is 0 Å². The van der Waals surface area contributed by atoms with E-state index in [2.05, 4.69) is 19.1 Å². The van der Waals surface area contributed by atoms with Crippen LogP contribution in [0.4, 0.5) is 0 Å². The maximum Gasteiger partial charge on any atom is 0.308 e. The summed E-state index contributed by atoms with van der Waals surface area (Å²) in [6.45, 7) is 2.58. The molecule has 0 unspecified atom stereocenters.